The van der Waals surface area contributed by atoms with Gasteiger partial charge in [-0.25, -0.2) is 12.8 Å². The van der Waals surface area contributed by atoms with Crippen molar-refractivity contribution in [3.63, 3.8) is 0 Å². The number of benzene rings is 3. The van der Waals surface area contributed by atoms with Crippen LogP contribution in [0.25, 0.3) is 0 Å². The molecule has 0 radical (unpaired) electrons. The zero-order chi connectivity index (χ0) is 28.6. The molecule has 0 fully saturated rings. The number of carbonyl (C=O) groups excluding carboxylic acids is 2. The third-order valence-corrected chi connectivity index (χ3v) is 8.32. The maximum atomic E-state index is 14.0. The summed E-state index contributed by atoms with van der Waals surface area (Å²) in [5.41, 5.74) is 0.903. The SMILES string of the molecule is CC[C@@H](C(=O)NCC(C)C)N(Cc1ccc(F)cc1)C(=O)CN(c1cccc(Br)c1)S(=O)(=O)c1ccccc1. The Morgan fingerprint density at radius 3 is 2.23 bits per heavy atom. The minimum absolute atomic E-state index is 0.00439. The Kier molecular flexibility index (Phi) is 10.7. The molecule has 10 heteroatoms. The van der Waals surface area contributed by atoms with Crippen molar-refractivity contribution in [2.24, 2.45) is 5.92 Å². The zero-order valence-corrected chi connectivity index (χ0v) is 24.6. The molecule has 0 bridgehead atoms. The molecule has 0 unspecified atom stereocenters. The molecule has 0 saturated carbocycles. The second kappa shape index (κ2) is 13.7. The maximum Gasteiger partial charge on any atom is 0.264 e. The number of amides is 2. The van der Waals surface area contributed by atoms with E-state index >= 15 is 0 Å². The fraction of sp³-hybridized carbons (Fsp3) is 0.310. The Bertz CT molecular complexity index is 1370. The molecule has 1 atom stereocenters. The molecule has 208 valence electrons. The van der Waals surface area contributed by atoms with Gasteiger partial charge in [-0.1, -0.05) is 73.1 Å². The van der Waals surface area contributed by atoms with Gasteiger partial charge < -0.3 is 10.2 Å². The lowest BCUT2D eigenvalue weighted by Crippen LogP contribution is -2.52. The van der Waals surface area contributed by atoms with Gasteiger partial charge in [0.2, 0.25) is 11.8 Å². The molecule has 0 aliphatic rings. The van der Waals surface area contributed by atoms with Crippen molar-refractivity contribution in [3.8, 4) is 0 Å². The van der Waals surface area contributed by atoms with E-state index in [1.165, 1.54) is 29.2 Å². The highest BCUT2D eigenvalue weighted by Gasteiger charge is 2.33. The topological polar surface area (TPSA) is 86.8 Å². The van der Waals surface area contributed by atoms with E-state index in [2.05, 4.69) is 21.2 Å². The van der Waals surface area contributed by atoms with Crippen LogP contribution in [0.1, 0.15) is 32.8 Å². The van der Waals surface area contributed by atoms with Crippen LogP contribution in [0.3, 0.4) is 0 Å². The molecule has 0 aromatic heterocycles. The molecule has 0 aliphatic carbocycles. The van der Waals surface area contributed by atoms with E-state index in [1.54, 1.807) is 61.5 Å². The van der Waals surface area contributed by atoms with Gasteiger partial charge in [-0.2, -0.15) is 0 Å². The van der Waals surface area contributed by atoms with Gasteiger partial charge in [-0.05, 0) is 60.4 Å². The zero-order valence-electron chi connectivity index (χ0n) is 22.2. The van der Waals surface area contributed by atoms with Gasteiger partial charge in [0.05, 0.1) is 10.6 Å². The first-order valence-electron chi connectivity index (χ1n) is 12.7. The number of nitrogens with one attached hydrogen (secondary N) is 1. The summed E-state index contributed by atoms with van der Waals surface area (Å²) in [7, 11) is -4.14. The van der Waals surface area contributed by atoms with Crippen LogP contribution in [-0.2, 0) is 26.2 Å². The molecule has 3 aromatic rings. The molecule has 39 heavy (non-hydrogen) atoms. The van der Waals surface area contributed by atoms with E-state index in [4.69, 9.17) is 0 Å². The van der Waals surface area contributed by atoms with E-state index in [0.29, 0.717) is 28.7 Å². The molecule has 3 rings (SSSR count). The minimum Gasteiger partial charge on any atom is -0.354 e. The average molecular weight is 619 g/mol. The maximum absolute atomic E-state index is 14.0. The van der Waals surface area contributed by atoms with Crippen LogP contribution in [-0.4, -0.2) is 44.3 Å². The van der Waals surface area contributed by atoms with Gasteiger partial charge >= 0.3 is 0 Å². The summed E-state index contributed by atoms with van der Waals surface area (Å²) in [6.45, 7) is 5.62. The molecule has 2 amide bonds. The van der Waals surface area contributed by atoms with E-state index in [9.17, 15) is 22.4 Å². The van der Waals surface area contributed by atoms with Gasteiger partial charge in [0, 0.05) is 17.6 Å². The molecule has 0 spiro atoms. The Hall–Kier alpha value is -3.24. The van der Waals surface area contributed by atoms with Crippen molar-refractivity contribution < 1.29 is 22.4 Å². The van der Waals surface area contributed by atoms with Crippen molar-refractivity contribution in [3.05, 3.63) is 94.7 Å². The highest BCUT2D eigenvalue weighted by molar-refractivity contribution is 9.10. The van der Waals surface area contributed by atoms with Crippen molar-refractivity contribution in [2.75, 3.05) is 17.4 Å². The van der Waals surface area contributed by atoms with Crippen LogP contribution in [0.15, 0.2) is 88.2 Å². The summed E-state index contributed by atoms with van der Waals surface area (Å²) < 4.78 is 42.8. The number of nitrogens with zero attached hydrogens (tertiary/aromatic N) is 2. The summed E-state index contributed by atoms with van der Waals surface area (Å²) in [6.07, 6.45) is 0.305. The summed E-state index contributed by atoms with van der Waals surface area (Å²) in [4.78, 5) is 28.5. The third-order valence-electron chi connectivity index (χ3n) is 6.04. The van der Waals surface area contributed by atoms with Crippen molar-refractivity contribution >= 4 is 43.5 Å². The monoisotopic (exact) mass is 617 g/mol. The first-order valence-corrected chi connectivity index (χ1v) is 14.9. The fourth-order valence-corrected chi connectivity index (χ4v) is 5.82. The highest BCUT2D eigenvalue weighted by atomic mass is 79.9. The largest absolute Gasteiger partial charge is 0.354 e. The van der Waals surface area contributed by atoms with Gasteiger partial charge in [0.25, 0.3) is 10.0 Å². The molecule has 0 aliphatic heterocycles. The predicted molar refractivity (Wildman–Crippen MR) is 154 cm³/mol. The Morgan fingerprint density at radius 2 is 1.64 bits per heavy atom. The molecule has 3 aromatic carbocycles. The lowest BCUT2D eigenvalue weighted by Gasteiger charge is -2.33. The Balaban J connectivity index is 2.03. The van der Waals surface area contributed by atoms with E-state index in [1.807, 2.05) is 13.8 Å². The molecular weight excluding hydrogens is 585 g/mol. The van der Waals surface area contributed by atoms with E-state index in [-0.39, 0.29) is 23.3 Å². The summed E-state index contributed by atoms with van der Waals surface area (Å²) in [5.74, 6) is -1.11. The highest BCUT2D eigenvalue weighted by Crippen LogP contribution is 2.27. The minimum atomic E-state index is -4.14. The number of hydrogen-bond acceptors (Lipinski definition) is 4. The molecule has 0 heterocycles. The van der Waals surface area contributed by atoms with Crippen LogP contribution < -0.4 is 9.62 Å². The number of anilines is 1. The number of halogens is 2. The number of carbonyl (C=O) groups is 2. The second-order valence-electron chi connectivity index (χ2n) is 9.52. The van der Waals surface area contributed by atoms with Crippen LogP contribution in [0.5, 0.6) is 0 Å². The first-order chi connectivity index (χ1) is 18.5. The number of sulfonamides is 1. The van der Waals surface area contributed by atoms with Crippen LogP contribution in [0.2, 0.25) is 0 Å². The summed E-state index contributed by atoms with van der Waals surface area (Å²) in [6, 6.07) is 19.3. The fourth-order valence-electron chi connectivity index (χ4n) is 4.01. The van der Waals surface area contributed by atoms with Crippen molar-refractivity contribution in [1.82, 2.24) is 10.2 Å². The van der Waals surface area contributed by atoms with E-state index in [0.717, 1.165) is 4.31 Å². The Labute approximate surface area is 238 Å². The molecular formula is C29H33BrFN3O4S. The van der Waals surface area contributed by atoms with Crippen LogP contribution >= 0.6 is 15.9 Å². The molecule has 7 nitrogen and oxygen atoms in total. The smallest absolute Gasteiger partial charge is 0.264 e. The standard InChI is InChI=1S/C29H33BrFN3O4S/c1-4-27(29(36)32-18-21(2)3)33(19-22-13-15-24(31)16-14-22)28(35)20-34(25-10-8-9-23(30)17-25)39(37,38)26-11-6-5-7-12-26/h5-17,21,27H,4,18-20H2,1-3H3,(H,32,36)/t27-/m0/s1. The number of hydrogen-bond donors (Lipinski definition) is 1. The van der Waals surface area contributed by atoms with Crippen LogP contribution in [0, 0.1) is 11.7 Å². The van der Waals surface area contributed by atoms with E-state index < -0.39 is 34.3 Å². The summed E-state index contributed by atoms with van der Waals surface area (Å²) >= 11 is 3.38. The normalized spacial score (nSPS) is 12.2. The van der Waals surface area contributed by atoms with Gasteiger partial charge in [0.15, 0.2) is 0 Å². The predicted octanol–water partition coefficient (Wildman–Crippen LogP) is 5.36. The quantitative estimate of drug-likeness (QED) is 0.296. The van der Waals surface area contributed by atoms with Crippen molar-refractivity contribution in [1.29, 1.82) is 0 Å². The molecule has 1 N–H and O–H groups in total. The molecule has 0 saturated heterocycles. The average Bonchev–Trinajstić information content (AvgIpc) is 2.91. The second-order valence-corrected chi connectivity index (χ2v) is 12.3. The van der Waals surface area contributed by atoms with Crippen molar-refractivity contribution in [2.45, 2.75) is 44.7 Å². The van der Waals surface area contributed by atoms with Gasteiger partial charge in [-0.15, -0.1) is 0 Å². The lowest BCUT2D eigenvalue weighted by atomic mass is 10.1. The lowest BCUT2D eigenvalue weighted by molar-refractivity contribution is -0.140. The number of rotatable bonds is 12. The Morgan fingerprint density at radius 1 is 0.974 bits per heavy atom. The summed E-state index contributed by atoms with van der Waals surface area (Å²) in [5, 5.41) is 2.88. The van der Waals surface area contributed by atoms with Crippen LogP contribution in [0.4, 0.5) is 10.1 Å². The van der Waals surface area contributed by atoms with Gasteiger partial charge in [-0.3, -0.25) is 13.9 Å². The first kappa shape index (κ1) is 30.3. The third kappa shape index (κ3) is 8.12. The van der Waals surface area contributed by atoms with Gasteiger partial charge in [0.1, 0.15) is 18.4 Å².